The highest BCUT2D eigenvalue weighted by molar-refractivity contribution is 7.80. The molecule has 3 N–H and O–H groups in total. The first-order valence-corrected chi connectivity index (χ1v) is 6.23. The first kappa shape index (κ1) is 14.0. The van der Waals surface area contributed by atoms with Crippen LogP contribution in [0.3, 0.4) is 0 Å². The molecule has 0 bridgehead atoms. The molecule has 0 atom stereocenters. The number of benzene rings is 1. The third kappa shape index (κ3) is 2.92. The van der Waals surface area contributed by atoms with Crippen LogP contribution in [0, 0.1) is 0 Å². The summed E-state index contributed by atoms with van der Waals surface area (Å²) in [4.78, 5) is 18.0. The first-order chi connectivity index (χ1) is 9.49. The number of carbonyl (C=O) groups is 1. The van der Waals surface area contributed by atoms with Gasteiger partial charge in [0.25, 0.3) is 5.91 Å². The molecule has 1 heterocycles. The van der Waals surface area contributed by atoms with Gasteiger partial charge in [0.05, 0.1) is 0 Å². The lowest BCUT2D eigenvalue weighted by Gasteiger charge is -2.16. The molecule has 102 valence electrons. The fraction of sp³-hybridized carbons (Fsp3) is 0.0714. The second-order valence-corrected chi connectivity index (χ2v) is 4.62. The van der Waals surface area contributed by atoms with Gasteiger partial charge < -0.3 is 15.7 Å². The van der Waals surface area contributed by atoms with Crippen molar-refractivity contribution in [2.45, 2.75) is 0 Å². The smallest absolute Gasteiger partial charge is 0.276 e. The molecule has 0 saturated carbocycles. The summed E-state index contributed by atoms with van der Waals surface area (Å²) in [5, 5.41) is 9.24. The number of amides is 1. The molecule has 0 unspecified atom stereocenters. The summed E-state index contributed by atoms with van der Waals surface area (Å²) in [6, 6.07) is 9.57. The maximum atomic E-state index is 12.2. The van der Waals surface area contributed by atoms with Crippen LogP contribution in [-0.4, -0.2) is 28.0 Å². The third-order valence-corrected chi connectivity index (χ3v) is 3.04. The zero-order valence-electron chi connectivity index (χ0n) is 10.8. The molecule has 0 aliphatic heterocycles. The Bertz CT molecular complexity index is 638. The van der Waals surface area contributed by atoms with Crippen LogP contribution >= 0.6 is 12.2 Å². The second kappa shape index (κ2) is 5.66. The monoisotopic (exact) mass is 287 g/mol. The number of nitrogens with zero attached hydrogens (tertiary/aromatic N) is 2. The van der Waals surface area contributed by atoms with Gasteiger partial charge in [-0.05, 0) is 36.4 Å². The van der Waals surface area contributed by atoms with Crippen molar-refractivity contribution in [3.8, 4) is 5.75 Å². The number of hydrogen-bond donors (Lipinski definition) is 2. The van der Waals surface area contributed by atoms with Crippen molar-refractivity contribution in [3.63, 3.8) is 0 Å². The zero-order chi connectivity index (χ0) is 14.7. The van der Waals surface area contributed by atoms with Gasteiger partial charge in [-0.15, -0.1) is 0 Å². The van der Waals surface area contributed by atoms with Crippen LogP contribution in [0.1, 0.15) is 16.1 Å². The normalized spacial score (nSPS) is 10.1. The molecule has 2 aromatic rings. The van der Waals surface area contributed by atoms with Gasteiger partial charge in [-0.2, -0.15) is 0 Å². The van der Waals surface area contributed by atoms with Crippen LogP contribution in [-0.2, 0) is 0 Å². The number of phenols is 1. The zero-order valence-corrected chi connectivity index (χ0v) is 11.6. The van der Waals surface area contributed by atoms with E-state index >= 15 is 0 Å². The standard InChI is InChI=1S/C14H13N3O2S/c1-17(10-3-5-11(18)6-4-10)14(19)12-7-2-9(8-16-12)13(15)20/h2-8,18H,1H3,(H2,15,20). The van der Waals surface area contributed by atoms with Gasteiger partial charge in [0.1, 0.15) is 16.4 Å². The van der Waals surface area contributed by atoms with E-state index in [1.807, 2.05) is 0 Å². The van der Waals surface area contributed by atoms with E-state index in [0.29, 0.717) is 16.9 Å². The Morgan fingerprint density at radius 1 is 1.25 bits per heavy atom. The van der Waals surface area contributed by atoms with Gasteiger partial charge in [-0.3, -0.25) is 9.78 Å². The number of carbonyl (C=O) groups excluding carboxylic acids is 1. The van der Waals surface area contributed by atoms with Crippen molar-refractivity contribution in [3.05, 3.63) is 53.9 Å². The summed E-state index contributed by atoms with van der Waals surface area (Å²) in [5.74, 6) is -0.112. The minimum Gasteiger partial charge on any atom is -0.508 e. The molecule has 0 radical (unpaired) electrons. The number of hydrogen-bond acceptors (Lipinski definition) is 4. The topological polar surface area (TPSA) is 79.5 Å². The van der Waals surface area contributed by atoms with E-state index in [9.17, 15) is 9.90 Å². The van der Waals surface area contributed by atoms with E-state index in [4.69, 9.17) is 18.0 Å². The minimum atomic E-state index is -0.259. The summed E-state index contributed by atoms with van der Waals surface area (Å²) in [6.45, 7) is 0. The molecular formula is C14H13N3O2S. The van der Waals surface area contributed by atoms with Crippen molar-refractivity contribution in [2.75, 3.05) is 11.9 Å². The number of anilines is 1. The average molecular weight is 287 g/mol. The molecule has 0 saturated heterocycles. The van der Waals surface area contributed by atoms with Crippen LogP contribution < -0.4 is 10.6 Å². The Kier molecular flexibility index (Phi) is 3.95. The number of rotatable bonds is 3. The molecule has 6 heteroatoms. The SMILES string of the molecule is CN(C(=O)c1ccc(C(N)=S)cn1)c1ccc(O)cc1. The number of phenolic OH excluding ortho intramolecular Hbond substituents is 1. The maximum Gasteiger partial charge on any atom is 0.276 e. The van der Waals surface area contributed by atoms with Crippen LogP contribution in [0.5, 0.6) is 5.75 Å². The molecule has 0 spiro atoms. The molecule has 2 rings (SSSR count). The van der Waals surface area contributed by atoms with Gasteiger partial charge in [0.2, 0.25) is 0 Å². The summed E-state index contributed by atoms with van der Waals surface area (Å²) in [6.07, 6.45) is 1.47. The van der Waals surface area contributed by atoms with Crippen LogP contribution in [0.2, 0.25) is 0 Å². The first-order valence-electron chi connectivity index (χ1n) is 5.82. The van der Waals surface area contributed by atoms with E-state index in [1.54, 1.807) is 31.3 Å². The lowest BCUT2D eigenvalue weighted by molar-refractivity contribution is 0.0988. The molecule has 0 aliphatic carbocycles. The summed E-state index contributed by atoms with van der Waals surface area (Å²) < 4.78 is 0. The predicted octanol–water partition coefficient (Wildman–Crippen LogP) is 1.70. The number of thiocarbonyl (C=S) groups is 1. The van der Waals surface area contributed by atoms with Gasteiger partial charge in [0.15, 0.2) is 0 Å². The van der Waals surface area contributed by atoms with E-state index in [-0.39, 0.29) is 16.6 Å². The largest absolute Gasteiger partial charge is 0.508 e. The Balaban J connectivity index is 2.22. The molecule has 1 aromatic carbocycles. The highest BCUT2D eigenvalue weighted by atomic mass is 32.1. The number of aromatic nitrogens is 1. The quantitative estimate of drug-likeness (QED) is 0.840. The molecular weight excluding hydrogens is 274 g/mol. The van der Waals surface area contributed by atoms with E-state index in [0.717, 1.165) is 0 Å². The number of aromatic hydroxyl groups is 1. The average Bonchev–Trinajstić information content (AvgIpc) is 2.46. The molecule has 5 nitrogen and oxygen atoms in total. The van der Waals surface area contributed by atoms with Crippen molar-refractivity contribution in [2.24, 2.45) is 5.73 Å². The van der Waals surface area contributed by atoms with Gasteiger partial charge in [0, 0.05) is 24.5 Å². The fourth-order valence-electron chi connectivity index (χ4n) is 1.63. The molecule has 0 fully saturated rings. The lowest BCUT2D eigenvalue weighted by atomic mass is 10.2. The summed E-state index contributed by atoms with van der Waals surface area (Å²) in [5.41, 5.74) is 7.04. The Hall–Kier alpha value is -2.47. The third-order valence-electron chi connectivity index (χ3n) is 2.81. The maximum absolute atomic E-state index is 12.2. The number of nitrogens with two attached hydrogens (primary N) is 1. The van der Waals surface area contributed by atoms with Gasteiger partial charge in [-0.1, -0.05) is 12.2 Å². The fourth-order valence-corrected chi connectivity index (χ4v) is 1.75. The Morgan fingerprint density at radius 3 is 2.40 bits per heavy atom. The van der Waals surface area contributed by atoms with Crippen molar-refractivity contribution >= 4 is 28.8 Å². The lowest BCUT2D eigenvalue weighted by Crippen LogP contribution is -2.27. The Labute approximate surface area is 121 Å². The highest BCUT2D eigenvalue weighted by Gasteiger charge is 2.14. The van der Waals surface area contributed by atoms with Crippen molar-refractivity contribution in [1.82, 2.24) is 4.98 Å². The van der Waals surface area contributed by atoms with E-state index in [2.05, 4.69) is 4.98 Å². The van der Waals surface area contributed by atoms with Crippen LogP contribution in [0.25, 0.3) is 0 Å². The molecule has 1 aromatic heterocycles. The van der Waals surface area contributed by atoms with Gasteiger partial charge in [-0.25, -0.2) is 0 Å². The minimum absolute atomic E-state index is 0.147. The van der Waals surface area contributed by atoms with Crippen LogP contribution in [0.4, 0.5) is 5.69 Å². The predicted molar refractivity (Wildman–Crippen MR) is 81.0 cm³/mol. The summed E-state index contributed by atoms with van der Waals surface area (Å²) in [7, 11) is 1.64. The van der Waals surface area contributed by atoms with Crippen molar-refractivity contribution < 1.29 is 9.90 Å². The van der Waals surface area contributed by atoms with Crippen molar-refractivity contribution in [1.29, 1.82) is 0 Å². The molecule has 1 amide bonds. The summed E-state index contributed by atoms with van der Waals surface area (Å²) >= 11 is 4.83. The van der Waals surface area contributed by atoms with E-state index in [1.165, 1.54) is 23.2 Å². The van der Waals surface area contributed by atoms with Gasteiger partial charge >= 0.3 is 0 Å². The number of pyridine rings is 1. The second-order valence-electron chi connectivity index (χ2n) is 4.18. The highest BCUT2D eigenvalue weighted by Crippen LogP contribution is 2.18. The van der Waals surface area contributed by atoms with Crippen LogP contribution in [0.15, 0.2) is 42.6 Å². The Morgan fingerprint density at radius 2 is 1.90 bits per heavy atom. The molecule has 20 heavy (non-hydrogen) atoms. The van der Waals surface area contributed by atoms with E-state index < -0.39 is 0 Å². The molecule has 0 aliphatic rings.